The van der Waals surface area contributed by atoms with Crippen LogP contribution in [0.1, 0.15) is 62.8 Å². The van der Waals surface area contributed by atoms with E-state index in [0.717, 1.165) is 41.4 Å². The molecule has 0 bridgehead atoms. The minimum absolute atomic E-state index is 0.0650. The molecule has 1 amide bonds. The first-order valence-electron chi connectivity index (χ1n) is 11.3. The maximum absolute atomic E-state index is 12.8. The monoisotopic (exact) mass is 408 g/mol. The van der Waals surface area contributed by atoms with Gasteiger partial charge in [-0.15, -0.1) is 0 Å². The van der Waals surface area contributed by atoms with E-state index in [4.69, 9.17) is 4.74 Å². The van der Waals surface area contributed by atoms with Crippen molar-refractivity contribution in [2.75, 3.05) is 18.0 Å². The fourth-order valence-corrected chi connectivity index (χ4v) is 4.12. The van der Waals surface area contributed by atoms with Crippen LogP contribution in [0.5, 0.6) is 5.75 Å². The van der Waals surface area contributed by atoms with Gasteiger partial charge in [-0.2, -0.15) is 0 Å². The summed E-state index contributed by atoms with van der Waals surface area (Å²) in [6.07, 6.45) is 2.64. The largest absolute Gasteiger partial charge is 0.481 e. The summed E-state index contributed by atoms with van der Waals surface area (Å²) in [5.41, 5.74) is 4.65. The molecule has 1 heterocycles. The van der Waals surface area contributed by atoms with Gasteiger partial charge in [-0.05, 0) is 86.9 Å². The molecule has 2 aromatic carbocycles. The molecular formula is C26H36N2O2. The molecule has 0 spiro atoms. The Morgan fingerprint density at radius 1 is 1.10 bits per heavy atom. The highest BCUT2D eigenvalue weighted by Crippen LogP contribution is 2.25. The molecule has 0 radical (unpaired) electrons. The van der Waals surface area contributed by atoms with Crippen LogP contribution in [0, 0.1) is 19.8 Å². The average molecular weight is 409 g/mol. The Labute approximate surface area is 181 Å². The Hall–Kier alpha value is -2.49. The number of benzene rings is 2. The van der Waals surface area contributed by atoms with Crippen molar-refractivity contribution in [1.29, 1.82) is 0 Å². The van der Waals surface area contributed by atoms with Gasteiger partial charge in [-0.3, -0.25) is 4.79 Å². The topological polar surface area (TPSA) is 41.6 Å². The molecule has 2 atom stereocenters. The van der Waals surface area contributed by atoms with E-state index < -0.39 is 6.10 Å². The van der Waals surface area contributed by atoms with Gasteiger partial charge in [0.1, 0.15) is 5.75 Å². The molecule has 0 saturated carbocycles. The summed E-state index contributed by atoms with van der Waals surface area (Å²) in [5.74, 6) is 1.51. The molecule has 1 aliphatic rings. The minimum Gasteiger partial charge on any atom is -0.481 e. The van der Waals surface area contributed by atoms with Gasteiger partial charge in [0.15, 0.2) is 6.10 Å². The van der Waals surface area contributed by atoms with E-state index in [1.165, 1.54) is 18.5 Å². The zero-order valence-electron chi connectivity index (χ0n) is 19.1. The molecule has 30 heavy (non-hydrogen) atoms. The molecule has 1 fully saturated rings. The fourth-order valence-electron chi connectivity index (χ4n) is 4.12. The Morgan fingerprint density at radius 3 is 2.27 bits per heavy atom. The Kier molecular flexibility index (Phi) is 7.41. The van der Waals surface area contributed by atoms with E-state index in [-0.39, 0.29) is 11.9 Å². The molecule has 2 aromatic rings. The van der Waals surface area contributed by atoms with E-state index in [0.29, 0.717) is 6.42 Å². The van der Waals surface area contributed by atoms with Crippen LogP contribution in [0.2, 0.25) is 0 Å². The van der Waals surface area contributed by atoms with Crippen LogP contribution in [-0.4, -0.2) is 25.1 Å². The van der Waals surface area contributed by atoms with Crippen molar-refractivity contribution < 1.29 is 9.53 Å². The number of nitrogens with one attached hydrogen (secondary N) is 1. The summed E-state index contributed by atoms with van der Waals surface area (Å²) in [6, 6.07) is 14.6. The van der Waals surface area contributed by atoms with Crippen molar-refractivity contribution in [3.8, 4) is 5.75 Å². The second-order valence-electron chi connectivity index (χ2n) is 8.83. The fraction of sp³-hybridized carbons (Fsp3) is 0.500. The first-order chi connectivity index (χ1) is 14.4. The van der Waals surface area contributed by atoms with E-state index >= 15 is 0 Å². The third-order valence-electron chi connectivity index (χ3n) is 6.04. The number of rotatable bonds is 7. The number of amides is 1. The van der Waals surface area contributed by atoms with Crippen LogP contribution in [0.25, 0.3) is 0 Å². The summed E-state index contributed by atoms with van der Waals surface area (Å²) < 4.78 is 6.01. The van der Waals surface area contributed by atoms with Gasteiger partial charge in [0.05, 0.1) is 6.04 Å². The van der Waals surface area contributed by atoms with Crippen molar-refractivity contribution in [2.24, 2.45) is 5.92 Å². The maximum atomic E-state index is 12.8. The number of ether oxygens (including phenoxy) is 1. The molecule has 1 saturated heterocycles. The van der Waals surface area contributed by atoms with E-state index in [1.807, 2.05) is 39.8 Å². The standard InChI is InChI=1S/C26H36N2O2/c1-6-25(30-24-16-19(3)15-20(4)17-24)26(29)27-21(5)22-7-9-23(10-8-22)28-13-11-18(2)12-14-28/h7-10,15-18,21,25H,6,11-14H2,1-5H3,(H,27,29)/t21-,25-/m0/s1. The van der Waals surface area contributed by atoms with Crippen molar-refractivity contribution in [1.82, 2.24) is 5.32 Å². The summed E-state index contributed by atoms with van der Waals surface area (Å²) in [6.45, 7) is 12.7. The van der Waals surface area contributed by atoms with E-state index in [2.05, 4.69) is 47.5 Å². The predicted octanol–water partition coefficient (Wildman–Crippen LogP) is 5.57. The molecule has 1 aliphatic heterocycles. The van der Waals surface area contributed by atoms with Crippen molar-refractivity contribution >= 4 is 11.6 Å². The first kappa shape index (κ1) is 22.2. The van der Waals surface area contributed by atoms with Crippen LogP contribution in [0.15, 0.2) is 42.5 Å². The summed E-state index contributed by atoms with van der Waals surface area (Å²) in [5, 5.41) is 3.12. The molecular weight excluding hydrogens is 372 g/mol. The molecule has 0 unspecified atom stereocenters. The Balaban J connectivity index is 1.59. The lowest BCUT2D eigenvalue weighted by Crippen LogP contribution is -2.39. The number of nitrogens with zero attached hydrogens (tertiary/aromatic N) is 1. The predicted molar refractivity (Wildman–Crippen MR) is 124 cm³/mol. The van der Waals surface area contributed by atoms with Gasteiger partial charge >= 0.3 is 0 Å². The van der Waals surface area contributed by atoms with Crippen molar-refractivity contribution in [3.05, 3.63) is 59.2 Å². The molecule has 1 N–H and O–H groups in total. The lowest BCUT2D eigenvalue weighted by Gasteiger charge is -2.32. The average Bonchev–Trinajstić information content (AvgIpc) is 2.72. The molecule has 4 nitrogen and oxygen atoms in total. The maximum Gasteiger partial charge on any atom is 0.261 e. The molecule has 4 heteroatoms. The number of piperidine rings is 1. The number of hydrogen-bond acceptors (Lipinski definition) is 3. The summed E-state index contributed by atoms with van der Waals surface area (Å²) in [4.78, 5) is 15.3. The summed E-state index contributed by atoms with van der Waals surface area (Å²) >= 11 is 0. The van der Waals surface area contributed by atoms with Crippen molar-refractivity contribution in [2.45, 2.75) is 66.0 Å². The molecule has 162 valence electrons. The van der Waals surface area contributed by atoms with Crippen LogP contribution < -0.4 is 15.0 Å². The van der Waals surface area contributed by atoms with Gasteiger partial charge in [0, 0.05) is 18.8 Å². The van der Waals surface area contributed by atoms with Gasteiger partial charge in [0.2, 0.25) is 0 Å². The third kappa shape index (κ3) is 5.78. The number of anilines is 1. The quantitative estimate of drug-likeness (QED) is 0.651. The zero-order chi connectivity index (χ0) is 21.7. The van der Waals surface area contributed by atoms with Crippen molar-refractivity contribution in [3.63, 3.8) is 0 Å². The van der Waals surface area contributed by atoms with Gasteiger partial charge in [0.25, 0.3) is 5.91 Å². The Bertz CT molecular complexity index is 818. The third-order valence-corrected chi connectivity index (χ3v) is 6.04. The van der Waals surface area contributed by atoms with Crippen LogP contribution in [-0.2, 0) is 4.79 Å². The lowest BCUT2D eigenvalue weighted by molar-refractivity contribution is -0.128. The molecule has 0 aromatic heterocycles. The number of aryl methyl sites for hydroxylation is 2. The summed E-state index contributed by atoms with van der Waals surface area (Å²) in [7, 11) is 0. The number of carbonyl (C=O) groups is 1. The highest BCUT2D eigenvalue weighted by atomic mass is 16.5. The number of hydrogen-bond donors (Lipinski definition) is 1. The highest BCUT2D eigenvalue weighted by Gasteiger charge is 2.21. The minimum atomic E-state index is -0.497. The number of carbonyl (C=O) groups excluding carboxylic acids is 1. The molecule has 3 rings (SSSR count). The van der Waals surface area contributed by atoms with E-state index in [1.54, 1.807) is 0 Å². The molecule has 0 aliphatic carbocycles. The smallest absolute Gasteiger partial charge is 0.261 e. The van der Waals surface area contributed by atoms with Gasteiger partial charge in [-0.1, -0.05) is 32.0 Å². The first-order valence-corrected chi connectivity index (χ1v) is 11.3. The second-order valence-corrected chi connectivity index (χ2v) is 8.83. The van der Waals surface area contributed by atoms with Crippen LogP contribution in [0.4, 0.5) is 5.69 Å². The SMILES string of the molecule is CC[C@H](Oc1cc(C)cc(C)c1)C(=O)N[C@@H](C)c1ccc(N2CCC(C)CC2)cc1. The van der Waals surface area contributed by atoms with Crippen LogP contribution in [0.3, 0.4) is 0 Å². The Morgan fingerprint density at radius 2 is 1.70 bits per heavy atom. The van der Waals surface area contributed by atoms with Crippen LogP contribution >= 0.6 is 0 Å². The zero-order valence-corrected chi connectivity index (χ0v) is 19.1. The highest BCUT2D eigenvalue weighted by molar-refractivity contribution is 5.81. The lowest BCUT2D eigenvalue weighted by atomic mass is 9.98. The van der Waals surface area contributed by atoms with Gasteiger partial charge < -0.3 is 15.0 Å². The van der Waals surface area contributed by atoms with E-state index in [9.17, 15) is 4.79 Å². The van der Waals surface area contributed by atoms with Gasteiger partial charge in [-0.25, -0.2) is 0 Å². The second kappa shape index (κ2) is 10.0. The normalized spacial score (nSPS) is 16.8.